The summed E-state index contributed by atoms with van der Waals surface area (Å²) in [5, 5.41) is 12.7. The molecule has 0 spiro atoms. The van der Waals surface area contributed by atoms with Crippen LogP contribution in [0.2, 0.25) is 0 Å². The van der Waals surface area contributed by atoms with Crippen molar-refractivity contribution in [3.8, 4) is 0 Å². The zero-order valence-electron chi connectivity index (χ0n) is 18.2. The SMILES string of the molecule is C[C@H]1C2(CC(=O)O)CC1(NC(=O)c1cc(F)cc3ccn(Cc4ccc(C(F)(F)F)cc4)c13)C2. The van der Waals surface area contributed by atoms with Gasteiger partial charge in [0.15, 0.2) is 0 Å². The van der Waals surface area contributed by atoms with Crippen molar-refractivity contribution >= 4 is 22.8 Å². The Hall–Kier alpha value is -3.36. The third kappa shape index (κ3) is 3.45. The Bertz CT molecular complexity index is 1300. The predicted molar refractivity (Wildman–Crippen MR) is 116 cm³/mol. The number of carboxylic acids is 1. The summed E-state index contributed by atoms with van der Waals surface area (Å²) in [6.07, 6.45) is -1.55. The van der Waals surface area contributed by atoms with Crippen molar-refractivity contribution in [1.82, 2.24) is 9.88 Å². The number of fused-ring (bicyclic) bond motifs is 1. The van der Waals surface area contributed by atoms with Crippen molar-refractivity contribution in [3.63, 3.8) is 0 Å². The number of carbonyl (C=O) groups excluding carboxylic acids is 1. The number of hydrogen-bond acceptors (Lipinski definition) is 2. The lowest BCUT2D eigenvalue weighted by Crippen LogP contribution is -2.81. The third-order valence-corrected chi connectivity index (χ3v) is 7.65. The van der Waals surface area contributed by atoms with E-state index < -0.39 is 35.0 Å². The highest BCUT2D eigenvalue weighted by molar-refractivity contribution is 6.06. The summed E-state index contributed by atoms with van der Waals surface area (Å²) in [5.74, 6) is -1.88. The molecule has 0 radical (unpaired) electrons. The molecule has 3 aliphatic carbocycles. The number of nitrogens with one attached hydrogen (secondary N) is 1. The van der Waals surface area contributed by atoms with Crippen LogP contribution in [0.3, 0.4) is 0 Å². The largest absolute Gasteiger partial charge is 0.481 e. The summed E-state index contributed by atoms with van der Waals surface area (Å²) >= 11 is 0. The summed E-state index contributed by atoms with van der Waals surface area (Å²) in [7, 11) is 0. The molecule has 9 heteroatoms. The molecule has 2 aromatic carbocycles. The van der Waals surface area contributed by atoms with E-state index >= 15 is 0 Å². The Labute approximate surface area is 192 Å². The number of aromatic nitrogens is 1. The second-order valence-electron chi connectivity index (χ2n) is 9.65. The third-order valence-electron chi connectivity index (χ3n) is 7.65. The van der Waals surface area contributed by atoms with Gasteiger partial charge in [0.2, 0.25) is 0 Å². The van der Waals surface area contributed by atoms with Crippen molar-refractivity contribution in [3.05, 3.63) is 71.2 Å². The maximum atomic E-state index is 14.3. The van der Waals surface area contributed by atoms with E-state index in [1.54, 1.807) is 16.8 Å². The molecule has 3 saturated carbocycles. The number of nitrogens with zero attached hydrogens (tertiary/aromatic N) is 1. The lowest BCUT2D eigenvalue weighted by molar-refractivity contribution is -0.222. The number of aliphatic carboxylic acids is 1. The molecule has 0 saturated heterocycles. The maximum absolute atomic E-state index is 14.3. The molecule has 0 unspecified atom stereocenters. The van der Waals surface area contributed by atoms with Crippen LogP contribution in [0.1, 0.15) is 47.7 Å². The summed E-state index contributed by atoms with van der Waals surface area (Å²) in [6.45, 7) is 2.13. The highest BCUT2D eigenvalue weighted by Crippen LogP contribution is 2.72. The summed E-state index contributed by atoms with van der Waals surface area (Å²) in [4.78, 5) is 24.4. The molecule has 3 fully saturated rings. The molecule has 1 aromatic heterocycles. The van der Waals surface area contributed by atoms with Crippen molar-refractivity contribution in [2.45, 2.75) is 44.4 Å². The maximum Gasteiger partial charge on any atom is 0.416 e. The minimum absolute atomic E-state index is 0.00281. The van der Waals surface area contributed by atoms with Crippen LogP contribution in [0.5, 0.6) is 0 Å². The van der Waals surface area contributed by atoms with Gasteiger partial charge in [0.25, 0.3) is 5.91 Å². The predicted octanol–water partition coefficient (Wildman–Crippen LogP) is 5.22. The van der Waals surface area contributed by atoms with E-state index in [0.29, 0.717) is 29.3 Å². The van der Waals surface area contributed by atoms with Crippen LogP contribution in [0.15, 0.2) is 48.7 Å². The lowest BCUT2D eigenvalue weighted by atomic mass is 9.32. The van der Waals surface area contributed by atoms with Gasteiger partial charge in [-0.05, 0) is 60.1 Å². The zero-order valence-corrected chi connectivity index (χ0v) is 18.2. The van der Waals surface area contributed by atoms with Crippen molar-refractivity contribution < 1.29 is 32.3 Å². The van der Waals surface area contributed by atoms with Gasteiger partial charge in [0.1, 0.15) is 5.82 Å². The highest BCUT2D eigenvalue weighted by atomic mass is 19.4. The number of alkyl halides is 3. The normalized spacial score (nSPS) is 25.5. The smallest absolute Gasteiger partial charge is 0.416 e. The van der Waals surface area contributed by atoms with E-state index in [-0.39, 0.29) is 29.9 Å². The number of amides is 1. The summed E-state index contributed by atoms with van der Waals surface area (Å²) in [6, 6.07) is 8.89. The highest BCUT2D eigenvalue weighted by Gasteiger charge is 2.74. The van der Waals surface area contributed by atoms with E-state index in [1.165, 1.54) is 18.2 Å². The van der Waals surface area contributed by atoms with Gasteiger partial charge in [0.05, 0.1) is 23.1 Å². The molecule has 1 heterocycles. The number of hydrogen-bond donors (Lipinski definition) is 2. The number of halogens is 4. The van der Waals surface area contributed by atoms with E-state index in [9.17, 15) is 27.2 Å². The van der Waals surface area contributed by atoms with Gasteiger partial charge in [-0.2, -0.15) is 13.2 Å². The van der Waals surface area contributed by atoms with E-state index in [4.69, 9.17) is 5.11 Å². The molecule has 178 valence electrons. The molecule has 2 N–H and O–H groups in total. The molecule has 3 aromatic rings. The molecule has 2 bridgehead atoms. The van der Waals surface area contributed by atoms with E-state index in [2.05, 4.69) is 5.32 Å². The minimum Gasteiger partial charge on any atom is -0.481 e. The van der Waals surface area contributed by atoms with Crippen LogP contribution in [0, 0.1) is 17.2 Å². The molecule has 6 rings (SSSR count). The molecule has 1 amide bonds. The Kier molecular flexibility index (Phi) is 4.83. The lowest BCUT2D eigenvalue weighted by Gasteiger charge is -2.75. The van der Waals surface area contributed by atoms with Crippen molar-refractivity contribution in [2.75, 3.05) is 0 Å². The first-order valence-corrected chi connectivity index (χ1v) is 10.9. The van der Waals surface area contributed by atoms with Crippen LogP contribution in [0.25, 0.3) is 10.9 Å². The topological polar surface area (TPSA) is 71.3 Å². The van der Waals surface area contributed by atoms with Crippen LogP contribution < -0.4 is 5.32 Å². The Balaban J connectivity index is 1.41. The fourth-order valence-corrected chi connectivity index (χ4v) is 5.82. The number of carboxylic acid groups (broad SMARTS) is 1. The fraction of sp³-hybridized carbons (Fsp3) is 0.360. The molecule has 3 aliphatic rings. The van der Waals surface area contributed by atoms with E-state index in [1.807, 2.05) is 6.92 Å². The monoisotopic (exact) mass is 474 g/mol. The van der Waals surface area contributed by atoms with Crippen molar-refractivity contribution in [1.29, 1.82) is 0 Å². The first-order valence-electron chi connectivity index (χ1n) is 10.9. The zero-order chi connectivity index (χ0) is 24.5. The van der Waals surface area contributed by atoms with Crippen LogP contribution in [-0.2, 0) is 17.5 Å². The molecule has 34 heavy (non-hydrogen) atoms. The minimum atomic E-state index is -4.43. The Morgan fingerprint density at radius 3 is 2.41 bits per heavy atom. The number of carbonyl (C=O) groups is 2. The molecular formula is C25H22F4N2O3. The van der Waals surface area contributed by atoms with Gasteiger partial charge in [0, 0.05) is 23.7 Å². The first kappa shape index (κ1) is 22.4. The average molecular weight is 474 g/mol. The van der Waals surface area contributed by atoms with Crippen LogP contribution >= 0.6 is 0 Å². The quantitative estimate of drug-likeness (QED) is 0.481. The Morgan fingerprint density at radius 2 is 1.82 bits per heavy atom. The first-order chi connectivity index (χ1) is 15.9. The molecule has 5 nitrogen and oxygen atoms in total. The second-order valence-corrected chi connectivity index (χ2v) is 9.65. The Morgan fingerprint density at radius 1 is 1.15 bits per heavy atom. The molecule has 1 atom stereocenters. The summed E-state index contributed by atoms with van der Waals surface area (Å²) in [5.41, 5.74) is -0.307. The van der Waals surface area contributed by atoms with Crippen LogP contribution in [0.4, 0.5) is 17.6 Å². The van der Waals surface area contributed by atoms with Gasteiger partial charge in [-0.3, -0.25) is 9.59 Å². The molecular weight excluding hydrogens is 452 g/mol. The van der Waals surface area contributed by atoms with Gasteiger partial charge in [-0.1, -0.05) is 19.1 Å². The van der Waals surface area contributed by atoms with Crippen molar-refractivity contribution in [2.24, 2.45) is 11.3 Å². The van der Waals surface area contributed by atoms with Gasteiger partial charge in [-0.25, -0.2) is 4.39 Å². The van der Waals surface area contributed by atoms with Gasteiger partial charge < -0.3 is 15.0 Å². The summed E-state index contributed by atoms with van der Waals surface area (Å²) < 4.78 is 54.6. The second kappa shape index (κ2) is 7.32. The number of benzene rings is 2. The average Bonchev–Trinajstić information content (AvgIpc) is 3.13. The fourth-order valence-electron chi connectivity index (χ4n) is 5.82. The number of rotatable bonds is 6. The van der Waals surface area contributed by atoms with Crippen LogP contribution in [-0.4, -0.2) is 27.1 Å². The molecule has 0 aliphatic heterocycles. The van der Waals surface area contributed by atoms with Gasteiger partial charge >= 0.3 is 12.1 Å². The van der Waals surface area contributed by atoms with Gasteiger partial charge in [-0.15, -0.1) is 0 Å². The standard InChI is InChI=1S/C25H22F4N2O3/c1-14-23(10-20(32)33)12-24(14,13-23)30-22(34)19-9-18(26)8-16-6-7-31(21(16)19)11-15-2-4-17(5-3-15)25(27,28)29/h2-9,14H,10-13H2,1H3,(H,30,34)(H,32,33)/t14-,23?,24?/m0/s1. The van der Waals surface area contributed by atoms with E-state index in [0.717, 1.165) is 18.2 Å².